The van der Waals surface area contributed by atoms with E-state index < -0.39 is 12.1 Å². The topological polar surface area (TPSA) is 65.2 Å². The second kappa shape index (κ2) is 7.40. The van der Waals surface area contributed by atoms with Gasteiger partial charge >= 0.3 is 5.97 Å². The summed E-state index contributed by atoms with van der Waals surface area (Å²) in [5.74, 6) is -0.847. The molecule has 0 aliphatic heterocycles. The number of fused-ring (bicyclic) bond motifs is 1. The van der Waals surface area contributed by atoms with Crippen LogP contribution in [0.15, 0.2) is 40.9 Å². The SMILES string of the molecule is Cc1cc(-c2cc(C(=O)OC(C)c3ccc(F)cc3)c3c(C)noc3n2)c(C)s1. The highest BCUT2D eigenvalue weighted by Gasteiger charge is 2.23. The summed E-state index contributed by atoms with van der Waals surface area (Å²) in [7, 11) is 0. The van der Waals surface area contributed by atoms with Crippen LogP contribution < -0.4 is 0 Å². The molecular weight excluding hydrogens is 391 g/mol. The molecule has 0 spiro atoms. The predicted octanol–water partition coefficient (Wildman–Crippen LogP) is 5.93. The average molecular weight is 410 g/mol. The lowest BCUT2D eigenvalue weighted by Gasteiger charge is -2.14. The first kappa shape index (κ1) is 19.3. The van der Waals surface area contributed by atoms with E-state index in [1.807, 2.05) is 19.9 Å². The molecule has 0 aliphatic carbocycles. The summed E-state index contributed by atoms with van der Waals surface area (Å²) in [5.41, 5.74) is 3.50. The van der Waals surface area contributed by atoms with Crippen molar-refractivity contribution in [1.29, 1.82) is 0 Å². The Morgan fingerprint density at radius 2 is 1.90 bits per heavy atom. The van der Waals surface area contributed by atoms with E-state index in [1.165, 1.54) is 12.1 Å². The van der Waals surface area contributed by atoms with Gasteiger partial charge in [0.1, 0.15) is 11.9 Å². The number of aryl methyl sites for hydroxylation is 3. The van der Waals surface area contributed by atoms with Crippen molar-refractivity contribution in [2.24, 2.45) is 0 Å². The second-order valence-electron chi connectivity index (χ2n) is 6.93. The van der Waals surface area contributed by atoms with Crippen LogP contribution in [-0.2, 0) is 4.74 Å². The standard InChI is InChI=1S/C22H19FN2O3S/c1-11-9-17(14(4)29-11)19-10-18(20-12(2)25-28-21(20)24-19)22(26)27-13(3)15-5-7-16(23)8-6-15/h5-10,13H,1-4H3. The number of thiophene rings is 1. The molecule has 1 unspecified atom stereocenters. The van der Waals surface area contributed by atoms with E-state index in [2.05, 4.69) is 10.1 Å². The molecule has 0 saturated carbocycles. The van der Waals surface area contributed by atoms with Crippen molar-refractivity contribution in [3.63, 3.8) is 0 Å². The van der Waals surface area contributed by atoms with Gasteiger partial charge in [-0.15, -0.1) is 11.3 Å². The summed E-state index contributed by atoms with van der Waals surface area (Å²) >= 11 is 1.66. The lowest BCUT2D eigenvalue weighted by molar-refractivity contribution is 0.0340. The highest BCUT2D eigenvalue weighted by atomic mass is 32.1. The number of carbonyl (C=O) groups is 1. The van der Waals surface area contributed by atoms with Gasteiger partial charge in [-0.05, 0) is 57.5 Å². The van der Waals surface area contributed by atoms with Crippen LogP contribution >= 0.6 is 11.3 Å². The van der Waals surface area contributed by atoms with E-state index in [4.69, 9.17) is 9.26 Å². The van der Waals surface area contributed by atoms with Gasteiger partial charge in [0.05, 0.1) is 22.3 Å². The van der Waals surface area contributed by atoms with E-state index in [0.29, 0.717) is 33.6 Å². The molecule has 1 atom stereocenters. The smallest absolute Gasteiger partial charge is 0.339 e. The van der Waals surface area contributed by atoms with Crippen molar-refractivity contribution in [1.82, 2.24) is 10.1 Å². The Bertz CT molecular complexity index is 1210. The molecule has 0 saturated heterocycles. The maximum Gasteiger partial charge on any atom is 0.339 e. The fourth-order valence-corrected chi connectivity index (χ4v) is 4.24. The third-order valence-corrected chi connectivity index (χ3v) is 5.74. The molecule has 0 fully saturated rings. The molecule has 3 heterocycles. The first-order valence-electron chi connectivity index (χ1n) is 9.14. The highest BCUT2D eigenvalue weighted by molar-refractivity contribution is 7.12. The first-order chi connectivity index (χ1) is 13.8. The lowest BCUT2D eigenvalue weighted by Crippen LogP contribution is -2.10. The quantitative estimate of drug-likeness (QED) is 0.390. The number of nitrogens with zero attached hydrogens (tertiary/aromatic N) is 2. The number of hydrogen-bond donors (Lipinski definition) is 0. The monoisotopic (exact) mass is 410 g/mol. The zero-order valence-corrected chi connectivity index (χ0v) is 17.3. The van der Waals surface area contributed by atoms with Crippen LogP contribution in [0.25, 0.3) is 22.4 Å². The van der Waals surface area contributed by atoms with E-state index in [-0.39, 0.29) is 5.82 Å². The molecule has 0 N–H and O–H groups in total. The van der Waals surface area contributed by atoms with Crippen molar-refractivity contribution in [2.75, 3.05) is 0 Å². The second-order valence-corrected chi connectivity index (χ2v) is 8.39. The Balaban J connectivity index is 1.75. The van der Waals surface area contributed by atoms with Gasteiger partial charge in [-0.2, -0.15) is 0 Å². The first-order valence-corrected chi connectivity index (χ1v) is 9.96. The zero-order chi connectivity index (χ0) is 20.7. The van der Waals surface area contributed by atoms with Crippen LogP contribution in [0.4, 0.5) is 4.39 Å². The van der Waals surface area contributed by atoms with Crippen LogP contribution in [0.3, 0.4) is 0 Å². The van der Waals surface area contributed by atoms with Gasteiger partial charge in [-0.3, -0.25) is 0 Å². The molecule has 3 aromatic heterocycles. The molecular formula is C22H19FN2O3S. The van der Waals surface area contributed by atoms with Crippen molar-refractivity contribution in [2.45, 2.75) is 33.8 Å². The summed E-state index contributed by atoms with van der Waals surface area (Å²) in [6.45, 7) is 7.54. The third kappa shape index (κ3) is 3.65. The van der Waals surface area contributed by atoms with Crippen molar-refractivity contribution < 1.29 is 18.4 Å². The summed E-state index contributed by atoms with van der Waals surface area (Å²) in [5, 5.41) is 4.50. The number of rotatable bonds is 4. The van der Waals surface area contributed by atoms with Gasteiger partial charge < -0.3 is 9.26 Å². The van der Waals surface area contributed by atoms with Crippen LogP contribution in [0.1, 0.15) is 44.4 Å². The normalized spacial score (nSPS) is 12.3. The van der Waals surface area contributed by atoms with Gasteiger partial charge in [0.15, 0.2) is 0 Å². The number of carbonyl (C=O) groups excluding carboxylic acids is 1. The zero-order valence-electron chi connectivity index (χ0n) is 16.4. The minimum Gasteiger partial charge on any atom is -0.454 e. The highest BCUT2D eigenvalue weighted by Crippen LogP contribution is 2.33. The van der Waals surface area contributed by atoms with Crippen molar-refractivity contribution in [3.8, 4) is 11.3 Å². The number of halogens is 1. The summed E-state index contributed by atoms with van der Waals surface area (Å²) in [4.78, 5) is 19.9. The molecule has 0 aliphatic rings. The molecule has 29 heavy (non-hydrogen) atoms. The van der Waals surface area contributed by atoms with E-state index in [9.17, 15) is 9.18 Å². The van der Waals surface area contributed by atoms with Crippen LogP contribution in [0.2, 0.25) is 0 Å². The molecule has 0 radical (unpaired) electrons. The average Bonchev–Trinajstić information content (AvgIpc) is 3.23. The number of hydrogen-bond acceptors (Lipinski definition) is 6. The van der Waals surface area contributed by atoms with Crippen molar-refractivity contribution in [3.05, 3.63) is 68.8 Å². The van der Waals surface area contributed by atoms with Gasteiger partial charge in [-0.1, -0.05) is 17.3 Å². The minimum atomic E-state index is -0.542. The Hall–Kier alpha value is -3.06. The van der Waals surface area contributed by atoms with E-state index in [1.54, 1.807) is 43.4 Å². The number of pyridine rings is 1. The summed E-state index contributed by atoms with van der Waals surface area (Å²) in [6, 6.07) is 9.64. The Morgan fingerprint density at radius 1 is 1.17 bits per heavy atom. The molecule has 4 aromatic rings. The van der Waals surface area contributed by atoms with Gasteiger partial charge in [0.2, 0.25) is 0 Å². The fraction of sp³-hybridized carbons (Fsp3) is 0.227. The van der Waals surface area contributed by atoms with Crippen LogP contribution in [-0.4, -0.2) is 16.1 Å². The molecule has 1 aromatic carbocycles. The summed E-state index contributed by atoms with van der Waals surface area (Å²) < 4.78 is 24.2. The Morgan fingerprint density at radius 3 is 2.55 bits per heavy atom. The number of ether oxygens (including phenoxy) is 1. The maximum absolute atomic E-state index is 13.2. The largest absolute Gasteiger partial charge is 0.454 e. The molecule has 7 heteroatoms. The molecule has 0 bridgehead atoms. The third-order valence-electron chi connectivity index (χ3n) is 4.78. The van der Waals surface area contributed by atoms with Gasteiger partial charge in [0.25, 0.3) is 5.71 Å². The Labute approximate surface area is 171 Å². The van der Waals surface area contributed by atoms with Crippen LogP contribution in [0.5, 0.6) is 0 Å². The molecule has 0 amide bonds. The van der Waals surface area contributed by atoms with E-state index >= 15 is 0 Å². The summed E-state index contributed by atoms with van der Waals surface area (Å²) in [6.07, 6.45) is -0.542. The number of aromatic nitrogens is 2. The fourth-order valence-electron chi connectivity index (χ4n) is 3.30. The number of benzene rings is 1. The Kier molecular flexibility index (Phi) is 4.92. The minimum absolute atomic E-state index is 0.296. The molecule has 148 valence electrons. The van der Waals surface area contributed by atoms with E-state index in [0.717, 1.165) is 15.3 Å². The van der Waals surface area contributed by atoms with Crippen LogP contribution in [0, 0.1) is 26.6 Å². The molecule has 4 rings (SSSR count). The molecule has 5 nitrogen and oxygen atoms in total. The van der Waals surface area contributed by atoms with Gasteiger partial charge in [0, 0.05) is 15.3 Å². The lowest BCUT2D eigenvalue weighted by atomic mass is 10.1. The number of esters is 1. The predicted molar refractivity (Wildman–Crippen MR) is 110 cm³/mol. The maximum atomic E-state index is 13.2. The van der Waals surface area contributed by atoms with Crippen molar-refractivity contribution >= 4 is 28.4 Å². The van der Waals surface area contributed by atoms with Gasteiger partial charge in [-0.25, -0.2) is 14.2 Å².